The Morgan fingerprint density at radius 3 is 2.62 bits per heavy atom. The average molecular weight is 686 g/mol. The number of hydrogen-bond acceptors (Lipinski definition) is 6. The maximum absolute atomic E-state index is 12.8. The van der Waals surface area contributed by atoms with Crippen molar-refractivity contribution in [3.05, 3.63) is 65.7 Å². The van der Waals surface area contributed by atoms with Gasteiger partial charge in [-0.1, -0.05) is 6.07 Å². The van der Waals surface area contributed by atoms with Gasteiger partial charge in [0.1, 0.15) is 5.75 Å². The van der Waals surface area contributed by atoms with E-state index in [9.17, 15) is 18.0 Å². The van der Waals surface area contributed by atoms with Gasteiger partial charge in [-0.15, -0.1) is 11.3 Å². The van der Waals surface area contributed by atoms with Crippen molar-refractivity contribution in [2.24, 2.45) is 5.10 Å². The minimum absolute atomic E-state index is 0.0181. The number of carbonyl (C=O) groups excluding carboxylic acids is 1. The molecule has 168 valence electrons. The standard InChI is InChI=1S/C20H15F3I2N4O2S/c1-31-18-15(24)5-11(6-16(18)25)9-26-29-17(30)8-14-10-32-19(28-14)27-13-4-2-3-12(7-13)20(21,22)23/h2-7,9-10H,8H2,1H3,(H,27,28)(H,29,30)/b26-9-. The van der Waals surface area contributed by atoms with E-state index >= 15 is 0 Å². The zero-order valence-corrected chi connectivity index (χ0v) is 21.5. The van der Waals surface area contributed by atoms with Gasteiger partial charge in [0, 0.05) is 11.1 Å². The number of ether oxygens (including phenoxy) is 1. The van der Waals surface area contributed by atoms with Crippen LogP contribution in [0.2, 0.25) is 0 Å². The molecule has 1 amide bonds. The first kappa shape index (κ1) is 24.7. The molecule has 0 aliphatic rings. The number of hydrazone groups is 1. The molecule has 2 aromatic carbocycles. The van der Waals surface area contributed by atoms with Crippen molar-refractivity contribution in [1.29, 1.82) is 0 Å². The Balaban J connectivity index is 1.56. The summed E-state index contributed by atoms with van der Waals surface area (Å²) in [6, 6.07) is 8.59. The van der Waals surface area contributed by atoms with Crippen LogP contribution in [0, 0.1) is 7.14 Å². The van der Waals surface area contributed by atoms with Gasteiger partial charge in [-0.05, 0) is 81.1 Å². The van der Waals surface area contributed by atoms with Crippen LogP contribution in [0.1, 0.15) is 16.8 Å². The van der Waals surface area contributed by atoms with Crippen LogP contribution in [-0.4, -0.2) is 24.2 Å². The van der Waals surface area contributed by atoms with Crippen LogP contribution in [-0.2, 0) is 17.4 Å². The number of benzene rings is 2. The number of rotatable bonds is 7. The Hall–Kier alpha value is -1.94. The molecule has 0 fully saturated rings. The quantitative estimate of drug-likeness (QED) is 0.187. The topological polar surface area (TPSA) is 75.6 Å². The molecular formula is C20H15F3I2N4O2S. The van der Waals surface area contributed by atoms with E-state index < -0.39 is 11.7 Å². The molecule has 3 rings (SSSR count). The summed E-state index contributed by atoms with van der Waals surface area (Å²) in [5, 5.41) is 8.84. The minimum Gasteiger partial charge on any atom is -0.495 e. The fraction of sp³-hybridized carbons (Fsp3) is 0.150. The zero-order chi connectivity index (χ0) is 23.3. The van der Waals surface area contributed by atoms with Crippen molar-refractivity contribution < 1.29 is 22.7 Å². The summed E-state index contributed by atoms with van der Waals surface area (Å²) in [5.74, 6) is 0.417. The molecule has 0 aliphatic heterocycles. The third kappa shape index (κ3) is 6.78. The van der Waals surface area contributed by atoms with Crippen molar-refractivity contribution in [3.8, 4) is 5.75 Å². The van der Waals surface area contributed by atoms with Crippen molar-refractivity contribution in [2.75, 3.05) is 12.4 Å². The Morgan fingerprint density at radius 2 is 1.97 bits per heavy atom. The highest BCUT2D eigenvalue weighted by molar-refractivity contribution is 14.1. The number of aromatic nitrogens is 1. The molecule has 3 aromatic rings. The molecule has 0 atom stereocenters. The summed E-state index contributed by atoms with van der Waals surface area (Å²) in [6.45, 7) is 0. The van der Waals surface area contributed by atoms with Crippen molar-refractivity contribution >= 4 is 79.5 Å². The highest BCUT2D eigenvalue weighted by atomic mass is 127. The summed E-state index contributed by atoms with van der Waals surface area (Å²) < 4.78 is 45.7. The highest BCUT2D eigenvalue weighted by Gasteiger charge is 2.30. The van der Waals surface area contributed by atoms with Gasteiger partial charge in [-0.2, -0.15) is 18.3 Å². The lowest BCUT2D eigenvalue weighted by Crippen LogP contribution is -2.20. The first-order valence-corrected chi connectivity index (χ1v) is 11.9. The molecule has 0 unspecified atom stereocenters. The minimum atomic E-state index is -4.42. The maximum atomic E-state index is 12.8. The van der Waals surface area contributed by atoms with E-state index in [4.69, 9.17) is 4.74 Å². The number of anilines is 2. The van der Waals surface area contributed by atoms with Crippen molar-refractivity contribution in [3.63, 3.8) is 0 Å². The number of nitrogens with one attached hydrogen (secondary N) is 2. The van der Waals surface area contributed by atoms with E-state index in [1.165, 1.54) is 29.7 Å². The monoisotopic (exact) mass is 686 g/mol. The molecule has 12 heteroatoms. The summed E-state index contributed by atoms with van der Waals surface area (Å²) in [4.78, 5) is 16.4. The molecule has 32 heavy (non-hydrogen) atoms. The zero-order valence-electron chi connectivity index (χ0n) is 16.3. The van der Waals surface area contributed by atoms with Crippen LogP contribution in [0.25, 0.3) is 0 Å². The normalized spacial score (nSPS) is 11.6. The second-order valence-corrected chi connectivity index (χ2v) is 9.52. The lowest BCUT2D eigenvalue weighted by atomic mass is 10.2. The Kier molecular flexibility index (Phi) is 8.32. The Morgan fingerprint density at radius 1 is 1.25 bits per heavy atom. The smallest absolute Gasteiger partial charge is 0.416 e. The number of carbonyl (C=O) groups is 1. The fourth-order valence-corrected chi connectivity index (χ4v) is 5.56. The molecule has 0 aliphatic carbocycles. The third-order valence-electron chi connectivity index (χ3n) is 3.96. The van der Waals surface area contributed by atoms with Crippen LogP contribution in [0.3, 0.4) is 0 Å². The Labute approximate surface area is 212 Å². The van der Waals surface area contributed by atoms with Gasteiger partial charge in [0.2, 0.25) is 5.91 Å². The second-order valence-electron chi connectivity index (χ2n) is 6.34. The lowest BCUT2D eigenvalue weighted by Gasteiger charge is -2.08. The average Bonchev–Trinajstić information content (AvgIpc) is 3.14. The molecule has 1 aromatic heterocycles. The van der Waals surface area contributed by atoms with E-state index in [0.29, 0.717) is 10.8 Å². The summed E-state index contributed by atoms with van der Waals surface area (Å²) in [5.41, 5.74) is 3.24. The fourth-order valence-electron chi connectivity index (χ4n) is 2.57. The van der Waals surface area contributed by atoms with Crippen molar-refractivity contribution in [2.45, 2.75) is 12.6 Å². The van der Waals surface area contributed by atoms with Crippen LogP contribution in [0.15, 0.2) is 46.9 Å². The van der Waals surface area contributed by atoms with Gasteiger partial charge in [0.25, 0.3) is 0 Å². The molecule has 0 spiro atoms. The second kappa shape index (κ2) is 10.8. The molecule has 6 nitrogen and oxygen atoms in total. The third-order valence-corrected chi connectivity index (χ3v) is 6.37. The van der Waals surface area contributed by atoms with Gasteiger partial charge >= 0.3 is 6.18 Å². The lowest BCUT2D eigenvalue weighted by molar-refractivity contribution is -0.137. The van der Waals surface area contributed by atoms with Gasteiger partial charge in [-0.25, -0.2) is 10.4 Å². The Bertz CT molecular complexity index is 1130. The van der Waals surface area contributed by atoms with Gasteiger partial charge < -0.3 is 10.1 Å². The maximum Gasteiger partial charge on any atom is 0.416 e. The van der Waals surface area contributed by atoms with Crippen molar-refractivity contribution in [1.82, 2.24) is 10.4 Å². The van der Waals surface area contributed by atoms with Gasteiger partial charge in [-0.3, -0.25) is 4.79 Å². The molecular weight excluding hydrogens is 671 g/mol. The summed E-state index contributed by atoms with van der Waals surface area (Å²) in [6.07, 6.45) is -2.91. The molecule has 0 saturated carbocycles. The number of nitrogens with zero attached hydrogens (tertiary/aromatic N) is 2. The van der Waals surface area contributed by atoms with E-state index in [1.54, 1.807) is 12.5 Å². The first-order chi connectivity index (χ1) is 15.2. The molecule has 0 radical (unpaired) electrons. The molecule has 0 bridgehead atoms. The summed E-state index contributed by atoms with van der Waals surface area (Å²) in [7, 11) is 1.60. The largest absolute Gasteiger partial charge is 0.495 e. The van der Waals surface area contributed by atoms with E-state index in [2.05, 4.69) is 66.0 Å². The number of hydrogen-bond donors (Lipinski definition) is 2. The number of alkyl halides is 3. The number of thiazole rings is 1. The van der Waals surface area contributed by atoms with E-state index in [0.717, 1.165) is 30.6 Å². The van der Waals surface area contributed by atoms with Crippen LogP contribution in [0.4, 0.5) is 24.0 Å². The molecule has 0 saturated heterocycles. The summed E-state index contributed by atoms with van der Waals surface area (Å²) >= 11 is 5.51. The van der Waals surface area contributed by atoms with Crippen LogP contribution < -0.4 is 15.5 Å². The number of methoxy groups -OCH3 is 1. The number of amides is 1. The first-order valence-electron chi connectivity index (χ1n) is 8.89. The highest BCUT2D eigenvalue weighted by Crippen LogP contribution is 2.32. The molecule has 2 N–H and O–H groups in total. The number of halogens is 5. The predicted molar refractivity (Wildman–Crippen MR) is 135 cm³/mol. The van der Waals surface area contributed by atoms with Crippen LogP contribution >= 0.6 is 56.5 Å². The molecule has 1 heterocycles. The SMILES string of the molecule is COc1c(I)cc(/C=N\NC(=O)Cc2csc(Nc3cccc(C(F)(F)F)c3)n2)cc1I. The van der Waals surface area contributed by atoms with Crippen LogP contribution in [0.5, 0.6) is 5.75 Å². The van der Waals surface area contributed by atoms with Gasteiger partial charge in [0.15, 0.2) is 5.13 Å². The predicted octanol–water partition coefficient (Wildman–Crippen LogP) is 5.82. The van der Waals surface area contributed by atoms with E-state index in [1.807, 2.05) is 12.1 Å². The van der Waals surface area contributed by atoms with Gasteiger partial charge in [0.05, 0.1) is 38.1 Å². The van der Waals surface area contributed by atoms with E-state index in [-0.39, 0.29) is 18.0 Å².